The van der Waals surface area contributed by atoms with Crippen LogP contribution in [0.1, 0.15) is 19.8 Å². The standard InChI is InChI=1S/C12H14N2O2/c1-2-12(16)14-8-7-11(15)13-9-5-3-4-6-10(9)14/h3-6H,2,7-8H2,1H3,(H,13,15). The molecule has 0 aromatic heterocycles. The first-order chi connectivity index (χ1) is 7.72. The zero-order chi connectivity index (χ0) is 11.5. The minimum absolute atomic E-state index is 0.0427. The molecule has 0 saturated heterocycles. The van der Waals surface area contributed by atoms with Crippen LogP contribution in [0.4, 0.5) is 11.4 Å². The average Bonchev–Trinajstić information content (AvgIpc) is 2.46. The molecule has 1 aromatic carbocycles. The van der Waals surface area contributed by atoms with Gasteiger partial charge in [-0.1, -0.05) is 19.1 Å². The maximum absolute atomic E-state index is 11.8. The third-order valence-corrected chi connectivity index (χ3v) is 2.63. The fraction of sp³-hybridized carbons (Fsp3) is 0.333. The summed E-state index contributed by atoms with van der Waals surface area (Å²) in [5.74, 6) is 0.00260. The van der Waals surface area contributed by atoms with Crippen LogP contribution >= 0.6 is 0 Å². The molecule has 0 atom stereocenters. The van der Waals surface area contributed by atoms with E-state index >= 15 is 0 Å². The van der Waals surface area contributed by atoms with Gasteiger partial charge in [-0.25, -0.2) is 0 Å². The number of benzene rings is 1. The zero-order valence-corrected chi connectivity index (χ0v) is 9.19. The van der Waals surface area contributed by atoms with E-state index in [1.165, 1.54) is 0 Å². The molecule has 1 aliphatic rings. The number of hydrogen-bond acceptors (Lipinski definition) is 2. The van der Waals surface area contributed by atoms with Gasteiger partial charge in [-0.05, 0) is 12.1 Å². The van der Waals surface area contributed by atoms with E-state index in [1.807, 2.05) is 31.2 Å². The molecular formula is C12H14N2O2. The molecule has 0 unspecified atom stereocenters. The van der Waals surface area contributed by atoms with E-state index in [9.17, 15) is 9.59 Å². The normalized spacial score (nSPS) is 15.1. The number of para-hydroxylation sites is 2. The number of nitrogens with zero attached hydrogens (tertiary/aromatic N) is 1. The number of carbonyl (C=O) groups excluding carboxylic acids is 2. The van der Waals surface area contributed by atoms with Crippen LogP contribution in [-0.2, 0) is 9.59 Å². The van der Waals surface area contributed by atoms with Gasteiger partial charge < -0.3 is 10.2 Å². The second kappa shape index (κ2) is 4.35. The highest BCUT2D eigenvalue weighted by atomic mass is 16.2. The predicted molar refractivity (Wildman–Crippen MR) is 62.3 cm³/mol. The Morgan fingerprint density at radius 1 is 1.44 bits per heavy atom. The second-order valence-corrected chi connectivity index (χ2v) is 3.71. The Bertz CT molecular complexity index is 429. The topological polar surface area (TPSA) is 49.4 Å². The zero-order valence-electron chi connectivity index (χ0n) is 9.19. The lowest BCUT2D eigenvalue weighted by atomic mass is 10.2. The summed E-state index contributed by atoms with van der Waals surface area (Å²) in [5, 5.41) is 2.80. The third kappa shape index (κ3) is 1.91. The fourth-order valence-electron chi connectivity index (χ4n) is 1.81. The largest absolute Gasteiger partial charge is 0.324 e. The van der Waals surface area contributed by atoms with Gasteiger partial charge in [0.1, 0.15) is 0 Å². The Morgan fingerprint density at radius 3 is 2.94 bits per heavy atom. The first kappa shape index (κ1) is 10.7. The maximum Gasteiger partial charge on any atom is 0.226 e. The van der Waals surface area contributed by atoms with Gasteiger partial charge in [0, 0.05) is 19.4 Å². The molecule has 0 fully saturated rings. The maximum atomic E-state index is 11.8. The SMILES string of the molecule is CCC(=O)N1CCC(=O)Nc2ccccc21. The van der Waals surface area contributed by atoms with Crippen molar-refractivity contribution in [2.24, 2.45) is 0 Å². The van der Waals surface area contributed by atoms with Gasteiger partial charge in [-0.15, -0.1) is 0 Å². The lowest BCUT2D eigenvalue weighted by Gasteiger charge is -2.21. The van der Waals surface area contributed by atoms with Crippen molar-refractivity contribution in [3.63, 3.8) is 0 Å². The molecule has 1 aliphatic heterocycles. The highest BCUT2D eigenvalue weighted by Crippen LogP contribution is 2.28. The lowest BCUT2D eigenvalue weighted by molar-refractivity contribution is -0.118. The monoisotopic (exact) mass is 218 g/mol. The number of anilines is 2. The van der Waals surface area contributed by atoms with Crippen LogP contribution in [-0.4, -0.2) is 18.4 Å². The molecule has 1 aromatic rings. The van der Waals surface area contributed by atoms with Crippen molar-refractivity contribution in [2.45, 2.75) is 19.8 Å². The summed E-state index contributed by atoms with van der Waals surface area (Å²) in [7, 11) is 0. The Kier molecular flexibility index (Phi) is 2.90. The molecule has 1 heterocycles. The van der Waals surface area contributed by atoms with Gasteiger partial charge in [0.05, 0.1) is 11.4 Å². The van der Waals surface area contributed by atoms with Crippen molar-refractivity contribution in [2.75, 3.05) is 16.8 Å². The first-order valence-corrected chi connectivity index (χ1v) is 5.41. The van der Waals surface area contributed by atoms with E-state index < -0.39 is 0 Å². The Morgan fingerprint density at radius 2 is 2.19 bits per heavy atom. The quantitative estimate of drug-likeness (QED) is 0.781. The van der Waals surface area contributed by atoms with Crippen LogP contribution in [0.5, 0.6) is 0 Å². The Balaban J connectivity index is 2.42. The molecule has 0 saturated carbocycles. The van der Waals surface area contributed by atoms with Crippen LogP contribution in [0, 0.1) is 0 Å². The summed E-state index contributed by atoms with van der Waals surface area (Å²) in [5.41, 5.74) is 1.51. The van der Waals surface area contributed by atoms with Gasteiger partial charge >= 0.3 is 0 Å². The van der Waals surface area contributed by atoms with Gasteiger partial charge in [0.2, 0.25) is 11.8 Å². The summed E-state index contributed by atoms with van der Waals surface area (Å²) in [6.45, 7) is 2.28. The second-order valence-electron chi connectivity index (χ2n) is 3.71. The number of rotatable bonds is 1. The number of nitrogens with one attached hydrogen (secondary N) is 1. The van der Waals surface area contributed by atoms with E-state index in [2.05, 4.69) is 5.32 Å². The molecule has 84 valence electrons. The van der Waals surface area contributed by atoms with Crippen molar-refractivity contribution in [3.8, 4) is 0 Å². The summed E-state index contributed by atoms with van der Waals surface area (Å²) in [6, 6.07) is 7.38. The average molecular weight is 218 g/mol. The van der Waals surface area contributed by atoms with Gasteiger partial charge in [0.15, 0.2) is 0 Å². The molecule has 0 spiro atoms. The van der Waals surface area contributed by atoms with E-state index in [0.717, 1.165) is 5.69 Å². The number of carbonyl (C=O) groups is 2. The lowest BCUT2D eigenvalue weighted by Crippen LogP contribution is -2.31. The minimum Gasteiger partial charge on any atom is -0.324 e. The minimum atomic E-state index is -0.0427. The van der Waals surface area contributed by atoms with E-state index in [1.54, 1.807) is 4.90 Å². The first-order valence-electron chi connectivity index (χ1n) is 5.41. The van der Waals surface area contributed by atoms with Crippen molar-refractivity contribution in [1.29, 1.82) is 0 Å². The van der Waals surface area contributed by atoms with E-state index in [0.29, 0.717) is 25.1 Å². The van der Waals surface area contributed by atoms with Crippen molar-refractivity contribution in [1.82, 2.24) is 0 Å². The van der Waals surface area contributed by atoms with Crippen molar-refractivity contribution in [3.05, 3.63) is 24.3 Å². The van der Waals surface area contributed by atoms with Crippen LogP contribution in [0.15, 0.2) is 24.3 Å². The fourth-order valence-corrected chi connectivity index (χ4v) is 1.81. The molecule has 0 aliphatic carbocycles. The highest BCUT2D eigenvalue weighted by Gasteiger charge is 2.22. The summed E-state index contributed by atoms with van der Waals surface area (Å²) in [4.78, 5) is 24.9. The van der Waals surface area contributed by atoms with E-state index in [-0.39, 0.29) is 11.8 Å². The summed E-state index contributed by atoms with van der Waals surface area (Å²) < 4.78 is 0. The highest BCUT2D eigenvalue weighted by molar-refractivity contribution is 6.03. The van der Waals surface area contributed by atoms with Crippen LogP contribution in [0.3, 0.4) is 0 Å². The van der Waals surface area contributed by atoms with Crippen LogP contribution in [0.25, 0.3) is 0 Å². The van der Waals surface area contributed by atoms with Gasteiger partial charge in [-0.3, -0.25) is 9.59 Å². The van der Waals surface area contributed by atoms with Gasteiger partial charge in [0.25, 0.3) is 0 Å². The molecule has 2 amide bonds. The molecule has 4 nitrogen and oxygen atoms in total. The number of amides is 2. The molecule has 2 rings (SSSR count). The van der Waals surface area contributed by atoms with Crippen LogP contribution in [0.2, 0.25) is 0 Å². The third-order valence-electron chi connectivity index (χ3n) is 2.63. The summed E-state index contributed by atoms with van der Waals surface area (Å²) in [6.07, 6.45) is 0.795. The molecule has 4 heteroatoms. The molecule has 1 N–H and O–H groups in total. The Labute approximate surface area is 94.2 Å². The molecular weight excluding hydrogens is 204 g/mol. The van der Waals surface area contributed by atoms with E-state index in [4.69, 9.17) is 0 Å². The number of hydrogen-bond donors (Lipinski definition) is 1. The smallest absolute Gasteiger partial charge is 0.226 e. The van der Waals surface area contributed by atoms with Gasteiger partial charge in [-0.2, -0.15) is 0 Å². The van der Waals surface area contributed by atoms with Crippen molar-refractivity contribution >= 4 is 23.2 Å². The summed E-state index contributed by atoms with van der Waals surface area (Å²) >= 11 is 0. The molecule has 16 heavy (non-hydrogen) atoms. The van der Waals surface area contributed by atoms with Crippen LogP contribution < -0.4 is 10.2 Å². The molecule has 0 radical (unpaired) electrons. The molecule has 0 bridgehead atoms. The Hall–Kier alpha value is -1.84. The predicted octanol–water partition coefficient (Wildman–Crippen LogP) is 1.77. The van der Waals surface area contributed by atoms with Crippen molar-refractivity contribution < 1.29 is 9.59 Å². The number of fused-ring (bicyclic) bond motifs is 1.